The normalized spacial score (nSPS) is 9.78. The standard InChI is InChI=1S/C11H12N6O/c1-3-4-7-18-11-15-9(12-2)14-10(16-11)17-6-5-13-8-17/h1,5-6,8H,4,7H2,2H3,(H,12,14,15,16). The molecule has 2 aromatic rings. The van der Waals surface area contributed by atoms with Crippen LogP contribution in [0.25, 0.3) is 5.95 Å². The SMILES string of the molecule is C#CCCOc1nc(NC)nc(-n2ccnc2)n1. The molecule has 2 aromatic heterocycles. The van der Waals surface area contributed by atoms with Gasteiger partial charge in [-0.3, -0.25) is 4.57 Å². The van der Waals surface area contributed by atoms with Crippen LogP contribution in [0.15, 0.2) is 18.7 Å². The smallest absolute Gasteiger partial charge is 0.323 e. The van der Waals surface area contributed by atoms with Crippen molar-refractivity contribution in [2.75, 3.05) is 19.0 Å². The Morgan fingerprint density at radius 2 is 2.33 bits per heavy atom. The van der Waals surface area contributed by atoms with Crippen LogP contribution in [-0.2, 0) is 0 Å². The van der Waals surface area contributed by atoms with Gasteiger partial charge in [-0.1, -0.05) is 0 Å². The van der Waals surface area contributed by atoms with Gasteiger partial charge in [-0.15, -0.1) is 12.3 Å². The molecule has 92 valence electrons. The zero-order chi connectivity index (χ0) is 12.8. The van der Waals surface area contributed by atoms with Crippen LogP contribution in [0, 0.1) is 12.3 Å². The third-order valence-corrected chi connectivity index (χ3v) is 2.04. The van der Waals surface area contributed by atoms with E-state index in [9.17, 15) is 0 Å². The average Bonchev–Trinajstić information content (AvgIpc) is 2.92. The minimum atomic E-state index is 0.230. The fraction of sp³-hybridized carbons (Fsp3) is 0.273. The summed E-state index contributed by atoms with van der Waals surface area (Å²) in [4.78, 5) is 16.4. The van der Waals surface area contributed by atoms with Crippen molar-refractivity contribution in [3.8, 4) is 24.3 Å². The van der Waals surface area contributed by atoms with Crippen LogP contribution in [0.5, 0.6) is 6.01 Å². The number of ether oxygens (including phenoxy) is 1. The van der Waals surface area contributed by atoms with E-state index < -0.39 is 0 Å². The van der Waals surface area contributed by atoms with Crippen molar-refractivity contribution in [1.82, 2.24) is 24.5 Å². The summed E-state index contributed by atoms with van der Waals surface area (Å²) in [6.45, 7) is 0.368. The van der Waals surface area contributed by atoms with Gasteiger partial charge in [0, 0.05) is 25.9 Å². The molecule has 2 rings (SSSR count). The lowest BCUT2D eigenvalue weighted by atomic mass is 10.5. The Morgan fingerprint density at radius 1 is 1.44 bits per heavy atom. The van der Waals surface area contributed by atoms with Crippen LogP contribution in [0.3, 0.4) is 0 Å². The molecule has 0 spiro atoms. The van der Waals surface area contributed by atoms with Gasteiger partial charge in [0.25, 0.3) is 0 Å². The van der Waals surface area contributed by atoms with Crippen LogP contribution in [0.4, 0.5) is 5.95 Å². The van der Waals surface area contributed by atoms with Crippen LogP contribution in [0.1, 0.15) is 6.42 Å². The lowest BCUT2D eigenvalue weighted by molar-refractivity contribution is 0.300. The van der Waals surface area contributed by atoms with Gasteiger partial charge in [-0.25, -0.2) is 4.98 Å². The second kappa shape index (κ2) is 5.63. The number of hydrogen-bond acceptors (Lipinski definition) is 6. The average molecular weight is 244 g/mol. The number of aromatic nitrogens is 5. The van der Waals surface area contributed by atoms with E-state index in [4.69, 9.17) is 11.2 Å². The summed E-state index contributed by atoms with van der Waals surface area (Å²) in [7, 11) is 1.72. The molecule has 0 aromatic carbocycles. The third-order valence-electron chi connectivity index (χ3n) is 2.04. The molecule has 0 saturated carbocycles. The number of anilines is 1. The zero-order valence-electron chi connectivity index (χ0n) is 9.87. The maximum Gasteiger partial charge on any atom is 0.323 e. The molecule has 18 heavy (non-hydrogen) atoms. The minimum absolute atomic E-state index is 0.230. The number of imidazole rings is 1. The number of hydrogen-bond donors (Lipinski definition) is 1. The summed E-state index contributed by atoms with van der Waals surface area (Å²) in [5.74, 6) is 3.34. The molecule has 0 radical (unpaired) electrons. The first-order valence-corrected chi connectivity index (χ1v) is 5.32. The van der Waals surface area contributed by atoms with E-state index in [0.29, 0.717) is 24.9 Å². The number of nitrogens with one attached hydrogen (secondary N) is 1. The summed E-state index contributed by atoms with van der Waals surface area (Å²) in [5.41, 5.74) is 0. The van der Waals surface area contributed by atoms with Gasteiger partial charge in [0.05, 0.1) is 0 Å². The number of terminal acetylenes is 1. The molecule has 0 aliphatic rings. The first kappa shape index (κ1) is 11.9. The molecule has 0 amide bonds. The molecular formula is C11H12N6O. The molecule has 2 heterocycles. The van der Waals surface area contributed by atoms with E-state index in [1.807, 2.05) is 0 Å². The Hall–Kier alpha value is -2.62. The number of nitrogens with zero attached hydrogens (tertiary/aromatic N) is 5. The van der Waals surface area contributed by atoms with Gasteiger partial charge in [-0.2, -0.15) is 15.0 Å². The van der Waals surface area contributed by atoms with E-state index >= 15 is 0 Å². The molecule has 0 saturated heterocycles. The maximum atomic E-state index is 5.35. The van der Waals surface area contributed by atoms with E-state index in [1.165, 1.54) is 0 Å². The second-order valence-corrected chi connectivity index (χ2v) is 3.26. The van der Waals surface area contributed by atoms with E-state index in [1.54, 1.807) is 30.3 Å². The molecule has 1 N–H and O–H groups in total. The molecule has 0 bridgehead atoms. The largest absolute Gasteiger partial charge is 0.462 e. The molecular weight excluding hydrogens is 232 g/mol. The molecule has 0 aliphatic carbocycles. The summed E-state index contributed by atoms with van der Waals surface area (Å²) in [6, 6.07) is 0.230. The van der Waals surface area contributed by atoms with E-state index in [-0.39, 0.29) is 6.01 Å². The first-order valence-electron chi connectivity index (χ1n) is 5.32. The molecule has 0 aliphatic heterocycles. The van der Waals surface area contributed by atoms with Crippen LogP contribution in [0.2, 0.25) is 0 Å². The zero-order valence-corrected chi connectivity index (χ0v) is 9.87. The van der Waals surface area contributed by atoms with Crippen molar-refractivity contribution in [2.45, 2.75) is 6.42 Å². The predicted molar refractivity (Wildman–Crippen MR) is 65.4 cm³/mol. The topological polar surface area (TPSA) is 77.8 Å². The highest BCUT2D eigenvalue weighted by molar-refractivity contribution is 5.29. The Morgan fingerprint density at radius 3 is 3.00 bits per heavy atom. The minimum Gasteiger partial charge on any atom is -0.462 e. The molecule has 7 nitrogen and oxygen atoms in total. The van der Waals surface area contributed by atoms with Crippen molar-refractivity contribution in [3.05, 3.63) is 18.7 Å². The third kappa shape index (κ3) is 2.74. The molecule has 0 fully saturated rings. The Bertz CT molecular complexity index is 545. The first-order chi connectivity index (χ1) is 8.83. The van der Waals surface area contributed by atoms with Crippen molar-refractivity contribution in [3.63, 3.8) is 0 Å². The van der Waals surface area contributed by atoms with Gasteiger partial charge in [0.1, 0.15) is 12.9 Å². The molecule has 0 unspecified atom stereocenters. The van der Waals surface area contributed by atoms with Gasteiger partial charge < -0.3 is 10.1 Å². The lowest BCUT2D eigenvalue weighted by Crippen LogP contribution is -2.09. The maximum absolute atomic E-state index is 5.35. The van der Waals surface area contributed by atoms with Gasteiger partial charge in [-0.05, 0) is 0 Å². The Balaban J connectivity index is 2.25. The van der Waals surface area contributed by atoms with Gasteiger partial charge >= 0.3 is 6.01 Å². The van der Waals surface area contributed by atoms with Crippen LogP contribution >= 0.6 is 0 Å². The Kier molecular flexibility index (Phi) is 3.71. The second-order valence-electron chi connectivity index (χ2n) is 3.26. The van der Waals surface area contributed by atoms with Crippen molar-refractivity contribution >= 4 is 5.95 Å². The summed E-state index contributed by atoms with van der Waals surface area (Å²) < 4.78 is 7.01. The van der Waals surface area contributed by atoms with Gasteiger partial charge in [0.15, 0.2) is 0 Å². The van der Waals surface area contributed by atoms with Crippen molar-refractivity contribution in [2.24, 2.45) is 0 Å². The highest BCUT2D eigenvalue weighted by Crippen LogP contribution is 2.10. The predicted octanol–water partition coefficient (Wildman–Crippen LogP) is 0.501. The fourth-order valence-corrected chi connectivity index (χ4v) is 1.22. The fourth-order valence-electron chi connectivity index (χ4n) is 1.22. The van der Waals surface area contributed by atoms with Gasteiger partial charge in [0.2, 0.25) is 11.9 Å². The molecule has 7 heteroatoms. The monoisotopic (exact) mass is 244 g/mol. The summed E-state index contributed by atoms with van der Waals surface area (Å²) in [5, 5.41) is 2.84. The summed E-state index contributed by atoms with van der Waals surface area (Å²) >= 11 is 0. The lowest BCUT2D eigenvalue weighted by Gasteiger charge is -2.07. The van der Waals surface area contributed by atoms with Crippen LogP contribution in [-0.4, -0.2) is 38.2 Å². The highest BCUT2D eigenvalue weighted by atomic mass is 16.5. The quantitative estimate of drug-likeness (QED) is 0.609. The Labute approximate surface area is 104 Å². The number of rotatable bonds is 5. The van der Waals surface area contributed by atoms with Crippen molar-refractivity contribution in [1.29, 1.82) is 0 Å². The van der Waals surface area contributed by atoms with Crippen molar-refractivity contribution < 1.29 is 4.74 Å². The van der Waals surface area contributed by atoms with Crippen LogP contribution < -0.4 is 10.1 Å². The van der Waals surface area contributed by atoms with E-state index in [0.717, 1.165) is 0 Å². The summed E-state index contributed by atoms with van der Waals surface area (Å²) in [6.07, 6.45) is 10.6. The molecule has 0 atom stereocenters. The highest BCUT2D eigenvalue weighted by Gasteiger charge is 2.07. The van der Waals surface area contributed by atoms with E-state index in [2.05, 4.69) is 31.2 Å².